The Bertz CT molecular complexity index is 522. The quantitative estimate of drug-likeness (QED) is 0.711. The maximum atomic E-state index is 12.3. The first-order valence-electron chi connectivity index (χ1n) is 6.86. The van der Waals surface area contributed by atoms with E-state index in [1.165, 1.54) is 11.0 Å². The number of nitrogens with zero attached hydrogens (tertiary/aromatic N) is 4. The Morgan fingerprint density at radius 1 is 1.52 bits per heavy atom. The van der Waals surface area contributed by atoms with Crippen molar-refractivity contribution in [3.63, 3.8) is 0 Å². The van der Waals surface area contributed by atoms with Crippen LogP contribution < -0.4 is 5.32 Å². The van der Waals surface area contributed by atoms with Crippen LogP contribution in [0.4, 0.5) is 0 Å². The molecule has 21 heavy (non-hydrogen) atoms. The second kappa shape index (κ2) is 6.98. The average molecular weight is 293 g/mol. The molecule has 8 nitrogen and oxygen atoms in total. The van der Waals surface area contributed by atoms with Crippen LogP contribution in [0.1, 0.15) is 29.4 Å². The van der Waals surface area contributed by atoms with Crippen LogP contribution in [0.5, 0.6) is 0 Å². The van der Waals surface area contributed by atoms with Crippen LogP contribution in [0.2, 0.25) is 0 Å². The second-order valence-corrected chi connectivity index (χ2v) is 4.93. The molecule has 2 heterocycles. The van der Waals surface area contributed by atoms with Gasteiger partial charge in [-0.1, -0.05) is 11.3 Å². The molecule has 0 radical (unpaired) electrons. The zero-order valence-corrected chi connectivity index (χ0v) is 11.7. The van der Waals surface area contributed by atoms with Gasteiger partial charge in [0.1, 0.15) is 6.54 Å². The van der Waals surface area contributed by atoms with Crippen LogP contribution in [0.15, 0.2) is 18.9 Å². The fourth-order valence-electron chi connectivity index (χ4n) is 2.32. The predicted molar refractivity (Wildman–Crippen MR) is 74.9 cm³/mol. The first-order valence-corrected chi connectivity index (χ1v) is 6.86. The highest BCUT2D eigenvalue weighted by Crippen LogP contribution is 2.17. The van der Waals surface area contributed by atoms with Gasteiger partial charge in [0.05, 0.1) is 12.2 Å². The van der Waals surface area contributed by atoms with Crippen molar-refractivity contribution < 1.29 is 14.7 Å². The minimum atomic E-state index is -1.07. The van der Waals surface area contributed by atoms with Gasteiger partial charge in [0, 0.05) is 6.54 Å². The van der Waals surface area contributed by atoms with Gasteiger partial charge in [-0.25, -0.2) is 4.68 Å². The topological polar surface area (TPSA) is 100 Å². The van der Waals surface area contributed by atoms with Gasteiger partial charge >= 0.3 is 5.97 Å². The number of aliphatic carboxylic acids is 1. The summed E-state index contributed by atoms with van der Waals surface area (Å²) in [4.78, 5) is 24.2. The lowest BCUT2D eigenvalue weighted by Crippen LogP contribution is -2.36. The van der Waals surface area contributed by atoms with Crippen LogP contribution in [0.25, 0.3) is 0 Å². The molecule has 1 saturated heterocycles. The third-order valence-electron chi connectivity index (χ3n) is 3.38. The Labute approximate surface area is 122 Å². The summed E-state index contributed by atoms with van der Waals surface area (Å²) in [5.41, 5.74) is 0.164. The van der Waals surface area contributed by atoms with Gasteiger partial charge in [0.2, 0.25) is 0 Å². The van der Waals surface area contributed by atoms with Crippen molar-refractivity contribution in [3.05, 3.63) is 24.5 Å². The van der Waals surface area contributed by atoms with Gasteiger partial charge in [-0.05, 0) is 25.9 Å². The van der Waals surface area contributed by atoms with Crippen LogP contribution in [-0.2, 0) is 4.79 Å². The lowest BCUT2D eigenvalue weighted by atomic mass is 10.1. The molecule has 1 aliphatic heterocycles. The summed E-state index contributed by atoms with van der Waals surface area (Å²) in [5.74, 6) is -1.52. The minimum absolute atomic E-state index is 0.158. The summed E-state index contributed by atoms with van der Waals surface area (Å²) in [6.07, 6.45) is 4.94. The summed E-state index contributed by atoms with van der Waals surface area (Å²) in [6, 6.07) is 0.229. The summed E-state index contributed by atoms with van der Waals surface area (Å²) in [7, 11) is 0. The first-order chi connectivity index (χ1) is 10.1. The first kappa shape index (κ1) is 15.2. The number of hydrogen-bond donors (Lipinski definition) is 2. The summed E-state index contributed by atoms with van der Waals surface area (Å²) in [5, 5.41) is 20.0. The molecule has 0 aromatic carbocycles. The van der Waals surface area contributed by atoms with Crippen LogP contribution >= 0.6 is 0 Å². The molecule has 0 spiro atoms. The van der Waals surface area contributed by atoms with Crippen molar-refractivity contribution in [2.75, 3.05) is 26.2 Å². The number of aromatic nitrogens is 3. The van der Waals surface area contributed by atoms with E-state index in [4.69, 9.17) is 5.11 Å². The molecule has 114 valence electrons. The second-order valence-electron chi connectivity index (χ2n) is 4.93. The van der Waals surface area contributed by atoms with Gasteiger partial charge in [-0.2, -0.15) is 0 Å². The largest absolute Gasteiger partial charge is 0.480 e. The van der Waals surface area contributed by atoms with Crippen molar-refractivity contribution in [1.29, 1.82) is 0 Å². The number of nitrogens with one attached hydrogen (secondary N) is 1. The van der Waals surface area contributed by atoms with Gasteiger partial charge in [0.15, 0.2) is 5.69 Å². The molecule has 2 N–H and O–H groups in total. The Balaban J connectivity index is 2.08. The number of amides is 1. The number of piperidine rings is 1. The highest BCUT2D eigenvalue weighted by molar-refractivity contribution is 5.93. The lowest BCUT2D eigenvalue weighted by molar-refractivity contribution is -0.137. The van der Waals surface area contributed by atoms with E-state index in [0.29, 0.717) is 0 Å². The third kappa shape index (κ3) is 3.88. The van der Waals surface area contributed by atoms with E-state index in [1.54, 1.807) is 10.9 Å². The highest BCUT2D eigenvalue weighted by atomic mass is 16.4. The van der Waals surface area contributed by atoms with E-state index in [2.05, 4.69) is 22.2 Å². The molecule has 8 heteroatoms. The molecule has 0 atom stereocenters. The van der Waals surface area contributed by atoms with Crippen molar-refractivity contribution in [1.82, 2.24) is 25.2 Å². The lowest BCUT2D eigenvalue weighted by Gasteiger charge is -2.22. The standard InChI is InChI=1S/C13H19N5O3/c1-2-7-17(9-12(19)20)13(21)11-8-18(16-15-11)10-3-5-14-6-4-10/h2,8,10,14H,1,3-7,9H2,(H,19,20). The molecule has 0 bridgehead atoms. The van der Waals surface area contributed by atoms with Crippen molar-refractivity contribution in [2.24, 2.45) is 0 Å². The Morgan fingerprint density at radius 3 is 2.86 bits per heavy atom. The minimum Gasteiger partial charge on any atom is -0.480 e. The van der Waals surface area contributed by atoms with Crippen LogP contribution in [-0.4, -0.2) is 63.1 Å². The number of hydrogen-bond acceptors (Lipinski definition) is 5. The molecule has 1 aromatic rings. The molecular formula is C13H19N5O3. The number of carbonyl (C=O) groups is 2. The molecule has 2 rings (SSSR count). The van der Waals surface area contributed by atoms with Crippen LogP contribution in [0, 0.1) is 0 Å². The predicted octanol–water partition coefficient (Wildman–Crippen LogP) is -0.0846. The van der Waals surface area contributed by atoms with E-state index in [1.807, 2.05) is 0 Å². The molecule has 0 saturated carbocycles. The van der Waals surface area contributed by atoms with Crippen LogP contribution in [0.3, 0.4) is 0 Å². The Kier molecular flexibility index (Phi) is 5.04. The normalized spacial score (nSPS) is 15.6. The zero-order chi connectivity index (χ0) is 15.2. The molecule has 1 amide bonds. The van der Waals surface area contributed by atoms with Crippen molar-refractivity contribution in [3.8, 4) is 0 Å². The monoisotopic (exact) mass is 293 g/mol. The van der Waals surface area contributed by atoms with Gasteiger partial charge in [-0.15, -0.1) is 11.7 Å². The van der Waals surface area contributed by atoms with E-state index in [0.717, 1.165) is 25.9 Å². The fraction of sp³-hybridized carbons (Fsp3) is 0.538. The summed E-state index contributed by atoms with van der Waals surface area (Å²) >= 11 is 0. The smallest absolute Gasteiger partial charge is 0.323 e. The SMILES string of the molecule is C=CCN(CC(=O)O)C(=O)c1cn(C2CCNCC2)nn1. The van der Waals surface area contributed by atoms with E-state index >= 15 is 0 Å². The van der Waals surface area contributed by atoms with Gasteiger partial charge < -0.3 is 15.3 Å². The van der Waals surface area contributed by atoms with E-state index in [9.17, 15) is 9.59 Å². The van der Waals surface area contributed by atoms with E-state index in [-0.39, 0.29) is 24.8 Å². The maximum Gasteiger partial charge on any atom is 0.323 e. The molecule has 0 aliphatic carbocycles. The number of carbonyl (C=O) groups excluding carboxylic acids is 1. The molecule has 0 unspecified atom stereocenters. The molecule has 1 aromatic heterocycles. The Hall–Kier alpha value is -2.22. The number of rotatable bonds is 6. The van der Waals surface area contributed by atoms with Gasteiger partial charge in [0.25, 0.3) is 5.91 Å². The number of carboxylic acid groups (broad SMARTS) is 1. The molecular weight excluding hydrogens is 274 g/mol. The summed E-state index contributed by atoms with van der Waals surface area (Å²) in [6.45, 7) is 5.13. The highest BCUT2D eigenvalue weighted by Gasteiger charge is 2.22. The zero-order valence-electron chi connectivity index (χ0n) is 11.7. The van der Waals surface area contributed by atoms with E-state index < -0.39 is 11.9 Å². The maximum absolute atomic E-state index is 12.3. The molecule has 1 aliphatic rings. The molecule has 1 fully saturated rings. The average Bonchev–Trinajstić information content (AvgIpc) is 2.96. The third-order valence-corrected chi connectivity index (χ3v) is 3.38. The van der Waals surface area contributed by atoms with Crippen molar-refractivity contribution in [2.45, 2.75) is 18.9 Å². The fourth-order valence-corrected chi connectivity index (χ4v) is 2.32. The summed E-state index contributed by atoms with van der Waals surface area (Å²) < 4.78 is 1.70. The van der Waals surface area contributed by atoms with Crippen molar-refractivity contribution >= 4 is 11.9 Å². The van der Waals surface area contributed by atoms with Gasteiger partial charge in [-0.3, -0.25) is 9.59 Å². The Morgan fingerprint density at radius 2 is 2.24 bits per heavy atom. The number of carboxylic acids is 1.